The second kappa shape index (κ2) is 14.3. The monoisotopic (exact) mass is 841 g/mol. The lowest BCUT2D eigenvalue weighted by Gasteiger charge is -2.12. The van der Waals surface area contributed by atoms with Gasteiger partial charge in [0.2, 0.25) is 0 Å². The van der Waals surface area contributed by atoms with Gasteiger partial charge in [0.15, 0.2) is 0 Å². The molecular weight excluding hydrogens is 803 g/mol. The van der Waals surface area contributed by atoms with E-state index >= 15 is 0 Å². The number of imidazole rings is 1. The van der Waals surface area contributed by atoms with Gasteiger partial charge >= 0.3 is 0 Å². The van der Waals surface area contributed by atoms with Crippen molar-refractivity contribution in [3.8, 4) is 45.3 Å². The first-order valence-electron chi connectivity index (χ1n) is 22.6. The van der Waals surface area contributed by atoms with Gasteiger partial charge in [-0.05, 0) is 120 Å². The van der Waals surface area contributed by atoms with Gasteiger partial charge in [0.1, 0.15) is 5.82 Å². The Morgan fingerprint density at radius 2 is 0.682 bits per heavy atom. The second-order valence-corrected chi connectivity index (χ2v) is 17.1. The molecule has 0 amide bonds. The summed E-state index contributed by atoms with van der Waals surface area (Å²) >= 11 is 0. The third-order valence-electron chi connectivity index (χ3n) is 13.6. The van der Waals surface area contributed by atoms with E-state index < -0.39 is 0 Å². The molecule has 0 saturated heterocycles. The molecule has 0 N–H and O–H groups in total. The molecule has 14 rings (SSSR count). The summed E-state index contributed by atoms with van der Waals surface area (Å²) in [5, 5.41) is 7.41. The lowest BCUT2D eigenvalue weighted by molar-refractivity contribution is 1.10. The van der Waals surface area contributed by atoms with Gasteiger partial charge in [0.25, 0.3) is 0 Å². The van der Waals surface area contributed by atoms with Crippen LogP contribution in [0.5, 0.6) is 0 Å². The standard InChI is InChI=1S/C61H39N5/c1-3-17-41(18-4-1)63-52-27-11-7-21-45(52)50-39-44(37-38-55(50)63)65-54-29-13-9-23-49(54)60-47(25-16-32-58(60)65)46-24-15-31-57-59(46)48-22-8-12-28-53(48)64(57)43-35-33-40(34-36-43)61-62-51-26-10-14-30-56(51)66(61)42-19-5-2-6-20-42/h1-39H. The minimum atomic E-state index is 0.921. The second-order valence-electron chi connectivity index (χ2n) is 17.1. The SMILES string of the molecule is c1ccc(-n2c(-c3ccc(-n4c5ccccc5c5c(-c6cccc7c6c6ccccc6n7-c6ccc7c(c6)c6ccccc6n7-c6ccccc6)cccc54)cc3)nc3ccccc32)cc1. The van der Waals surface area contributed by atoms with Crippen molar-refractivity contribution in [2.75, 3.05) is 0 Å². The number of para-hydroxylation sites is 7. The van der Waals surface area contributed by atoms with Crippen molar-refractivity contribution >= 4 is 76.5 Å². The van der Waals surface area contributed by atoms with Crippen molar-refractivity contribution in [3.05, 3.63) is 237 Å². The van der Waals surface area contributed by atoms with Crippen LogP contribution in [0.4, 0.5) is 0 Å². The van der Waals surface area contributed by atoms with E-state index in [1.54, 1.807) is 0 Å². The maximum Gasteiger partial charge on any atom is 0.145 e. The Balaban J connectivity index is 0.948. The zero-order valence-electron chi connectivity index (χ0n) is 35.8. The molecule has 10 aromatic carbocycles. The van der Waals surface area contributed by atoms with E-state index in [1.807, 2.05) is 0 Å². The topological polar surface area (TPSA) is 32.6 Å². The fraction of sp³-hybridized carbons (Fsp3) is 0. The Morgan fingerprint density at radius 3 is 1.30 bits per heavy atom. The zero-order valence-corrected chi connectivity index (χ0v) is 35.8. The maximum absolute atomic E-state index is 5.16. The summed E-state index contributed by atoms with van der Waals surface area (Å²) in [6.45, 7) is 0. The molecule has 5 nitrogen and oxygen atoms in total. The molecule has 0 fully saturated rings. The molecule has 4 heterocycles. The highest BCUT2D eigenvalue weighted by atomic mass is 15.1. The average Bonchev–Trinajstić information content (AvgIpc) is 4.13. The van der Waals surface area contributed by atoms with Crippen LogP contribution in [-0.4, -0.2) is 23.3 Å². The molecule has 5 heteroatoms. The van der Waals surface area contributed by atoms with Crippen molar-refractivity contribution in [1.82, 2.24) is 23.3 Å². The molecular formula is C61H39N5. The number of aromatic nitrogens is 5. The summed E-state index contributed by atoms with van der Waals surface area (Å²) in [4.78, 5) is 5.16. The van der Waals surface area contributed by atoms with Crippen LogP contribution in [0.2, 0.25) is 0 Å². The molecule has 308 valence electrons. The molecule has 0 aliphatic carbocycles. The zero-order chi connectivity index (χ0) is 43.3. The molecule has 14 aromatic rings. The van der Waals surface area contributed by atoms with Gasteiger partial charge in [-0.25, -0.2) is 4.98 Å². The third-order valence-corrected chi connectivity index (χ3v) is 13.6. The van der Waals surface area contributed by atoms with E-state index in [1.165, 1.54) is 76.5 Å². The van der Waals surface area contributed by atoms with Gasteiger partial charge in [-0.2, -0.15) is 0 Å². The summed E-state index contributed by atoms with van der Waals surface area (Å²) in [6.07, 6.45) is 0. The van der Waals surface area contributed by atoms with Crippen LogP contribution in [0.25, 0.3) is 122 Å². The predicted octanol–water partition coefficient (Wildman–Crippen LogP) is 15.7. The van der Waals surface area contributed by atoms with Crippen LogP contribution in [0.1, 0.15) is 0 Å². The predicted molar refractivity (Wildman–Crippen MR) is 275 cm³/mol. The number of hydrogen-bond donors (Lipinski definition) is 0. The summed E-state index contributed by atoms with van der Waals surface area (Å²) < 4.78 is 9.52. The number of fused-ring (bicyclic) bond motifs is 10. The molecule has 0 aliphatic rings. The molecule has 4 aromatic heterocycles. The molecule has 0 spiro atoms. The highest BCUT2D eigenvalue weighted by Crippen LogP contribution is 2.45. The Morgan fingerprint density at radius 1 is 0.258 bits per heavy atom. The van der Waals surface area contributed by atoms with Crippen molar-refractivity contribution in [2.45, 2.75) is 0 Å². The molecule has 0 saturated carbocycles. The van der Waals surface area contributed by atoms with Crippen LogP contribution in [-0.2, 0) is 0 Å². The van der Waals surface area contributed by atoms with E-state index in [2.05, 4.69) is 255 Å². The van der Waals surface area contributed by atoms with Crippen molar-refractivity contribution < 1.29 is 0 Å². The molecule has 66 heavy (non-hydrogen) atoms. The van der Waals surface area contributed by atoms with Gasteiger partial charge in [0, 0.05) is 60.6 Å². The summed E-state index contributed by atoms with van der Waals surface area (Å²) in [7, 11) is 0. The lowest BCUT2D eigenvalue weighted by atomic mass is 9.95. The van der Waals surface area contributed by atoms with Gasteiger partial charge in [-0.1, -0.05) is 127 Å². The van der Waals surface area contributed by atoms with Crippen LogP contribution < -0.4 is 0 Å². The van der Waals surface area contributed by atoms with E-state index in [9.17, 15) is 0 Å². The van der Waals surface area contributed by atoms with Gasteiger partial charge in [-0.15, -0.1) is 0 Å². The first-order chi connectivity index (χ1) is 32.8. The average molecular weight is 842 g/mol. The van der Waals surface area contributed by atoms with E-state index in [0.29, 0.717) is 0 Å². The Kier molecular flexibility index (Phi) is 7.91. The van der Waals surface area contributed by atoms with E-state index in [-0.39, 0.29) is 0 Å². The van der Waals surface area contributed by atoms with Gasteiger partial charge in [0.05, 0.1) is 44.1 Å². The van der Waals surface area contributed by atoms with Crippen LogP contribution in [0.3, 0.4) is 0 Å². The molecule has 0 radical (unpaired) electrons. The van der Waals surface area contributed by atoms with Crippen molar-refractivity contribution in [1.29, 1.82) is 0 Å². The number of rotatable bonds is 6. The van der Waals surface area contributed by atoms with E-state index in [0.717, 1.165) is 45.2 Å². The number of benzene rings is 10. The minimum absolute atomic E-state index is 0.921. The lowest BCUT2D eigenvalue weighted by Crippen LogP contribution is -1.98. The van der Waals surface area contributed by atoms with Gasteiger partial charge in [-0.3, -0.25) is 4.57 Å². The summed E-state index contributed by atoms with van der Waals surface area (Å²) in [5.41, 5.74) is 17.1. The van der Waals surface area contributed by atoms with Gasteiger partial charge < -0.3 is 13.7 Å². The summed E-state index contributed by atoms with van der Waals surface area (Å²) in [5.74, 6) is 0.921. The van der Waals surface area contributed by atoms with Crippen LogP contribution in [0.15, 0.2) is 237 Å². The third kappa shape index (κ3) is 5.31. The highest BCUT2D eigenvalue weighted by molar-refractivity contribution is 6.22. The Hall–Kier alpha value is -8.93. The number of hydrogen-bond acceptors (Lipinski definition) is 1. The van der Waals surface area contributed by atoms with Crippen molar-refractivity contribution in [3.63, 3.8) is 0 Å². The molecule has 0 aliphatic heterocycles. The first kappa shape index (κ1) is 36.5. The normalized spacial score (nSPS) is 11.9. The van der Waals surface area contributed by atoms with Crippen LogP contribution in [0, 0.1) is 0 Å². The minimum Gasteiger partial charge on any atom is -0.309 e. The Labute approximate surface area is 379 Å². The van der Waals surface area contributed by atoms with Crippen LogP contribution >= 0.6 is 0 Å². The quantitative estimate of drug-likeness (QED) is 0.164. The summed E-state index contributed by atoms with van der Waals surface area (Å²) in [6, 6.07) is 85.5. The smallest absolute Gasteiger partial charge is 0.145 e. The largest absolute Gasteiger partial charge is 0.309 e. The number of nitrogens with zero attached hydrogens (tertiary/aromatic N) is 5. The fourth-order valence-corrected chi connectivity index (χ4v) is 10.8. The fourth-order valence-electron chi connectivity index (χ4n) is 10.8. The molecule has 0 atom stereocenters. The maximum atomic E-state index is 5.16. The Bertz CT molecular complexity index is 4200. The van der Waals surface area contributed by atoms with E-state index in [4.69, 9.17) is 4.98 Å². The highest BCUT2D eigenvalue weighted by Gasteiger charge is 2.22. The first-order valence-corrected chi connectivity index (χ1v) is 22.6. The molecule has 0 unspecified atom stereocenters. The van der Waals surface area contributed by atoms with Crippen molar-refractivity contribution in [2.24, 2.45) is 0 Å². The molecule has 0 bridgehead atoms.